The summed E-state index contributed by atoms with van der Waals surface area (Å²) in [7, 11) is -0.408. The first-order valence-electron chi connectivity index (χ1n) is 6.24. The van der Waals surface area contributed by atoms with Crippen molar-refractivity contribution >= 4 is 15.8 Å². The average molecular weight is 285 g/mol. The molecule has 106 valence electrons. The van der Waals surface area contributed by atoms with Crippen molar-refractivity contribution in [2.24, 2.45) is 0 Å². The average Bonchev–Trinajstić information content (AvgIpc) is 2.90. The van der Waals surface area contributed by atoms with Gasteiger partial charge in [0.2, 0.25) is 10.0 Å². The Morgan fingerprint density at radius 1 is 1.47 bits per heavy atom. The van der Waals surface area contributed by atoms with Crippen LogP contribution in [0, 0.1) is 0 Å². The predicted molar refractivity (Wildman–Crippen MR) is 72.6 cm³/mol. The molecule has 1 N–H and O–H groups in total. The molecule has 6 nitrogen and oxygen atoms in total. The fourth-order valence-corrected chi connectivity index (χ4v) is 2.72. The number of hydrogen-bond acceptors (Lipinski definition) is 5. The summed E-state index contributed by atoms with van der Waals surface area (Å²) in [5.74, 6) is 0.660. The second-order valence-electron chi connectivity index (χ2n) is 4.68. The van der Waals surface area contributed by atoms with Crippen molar-refractivity contribution < 1.29 is 13.2 Å². The number of anilines is 1. The van der Waals surface area contributed by atoms with Gasteiger partial charge in [0.15, 0.2) is 0 Å². The summed E-state index contributed by atoms with van der Waals surface area (Å²) < 4.78 is 30.4. The Kier molecular flexibility index (Phi) is 4.38. The third-order valence-corrected chi connectivity index (χ3v) is 4.85. The highest BCUT2D eigenvalue weighted by Gasteiger charge is 2.18. The van der Waals surface area contributed by atoms with Crippen molar-refractivity contribution in [3.8, 4) is 0 Å². The minimum absolute atomic E-state index is 0.195. The standard InChI is InChI=1S/C12H19N3O3S/c1-15(2)19(16,17)11-5-6-12(14-9-11)13-8-10-4-3-7-18-10/h5-6,9-10H,3-4,7-8H2,1-2H3,(H,13,14). The molecule has 2 heterocycles. The summed E-state index contributed by atoms with van der Waals surface area (Å²) in [5.41, 5.74) is 0. The minimum Gasteiger partial charge on any atom is -0.376 e. The van der Waals surface area contributed by atoms with Gasteiger partial charge in [0.1, 0.15) is 10.7 Å². The molecule has 0 spiro atoms. The van der Waals surface area contributed by atoms with Crippen LogP contribution < -0.4 is 5.32 Å². The van der Waals surface area contributed by atoms with E-state index in [9.17, 15) is 8.42 Å². The highest BCUT2D eigenvalue weighted by Crippen LogP contribution is 2.15. The molecule has 1 unspecified atom stereocenters. The Labute approximate surface area is 113 Å². The van der Waals surface area contributed by atoms with E-state index in [4.69, 9.17) is 4.74 Å². The number of pyridine rings is 1. The lowest BCUT2D eigenvalue weighted by Crippen LogP contribution is -2.22. The molecule has 0 amide bonds. The monoisotopic (exact) mass is 285 g/mol. The Morgan fingerprint density at radius 2 is 2.26 bits per heavy atom. The van der Waals surface area contributed by atoms with Crippen molar-refractivity contribution in [1.29, 1.82) is 0 Å². The van der Waals surface area contributed by atoms with Crippen LogP contribution in [0.5, 0.6) is 0 Å². The smallest absolute Gasteiger partial charge is 0.244 e. The van der Waals surface area contributed by atoms with Crippen LogP contribution in [0.4, 0.5) is 5.82 Å². The number of rotatable bonds is 5. The zero-order valence-electron chi connectivity index (χ0n) is 11.2. The fourth-order valence-electron chi connectivity index (χ4n) is 1.87. The summed E-state index contributed by atoms with van der Waals surface area (Å²) in [6.07, 6.45) is 3.75. The Hall–Kier alpha value is -1.18. The molecule has 1 aromatic rings. The van der Waals surface area contributed by atoms with E-state index >= 15 is 0 Å². The van der Waals surface area contributed by atoms with Gasteiger partial charge in [0.05, 0.1) is 6.10 Å². The van der Waals surface area contributed by atoms with E-state index in [1.807, 2.05) is 0 Å². The van der Waals surface area contributed by atoms with E-state index in [0.717, 1.165) is 19.4 Å². The summed E-state index contributed by atoms with van der Waals surface area (Å²) in [6, 6.07) is 3.23. The van der Waals surface area contributed by atoms with Gasteiger partial charge >= 0.3 is 0 Å². The van der Waals surface area contributed by atoms with Gasteiger partial charge in [-0.2, -0.15) is 0 Å². The Bertz CT molecular complexity index is 508. The van der Waals surface area contributed by atoms with Crippen LogP contribution in [-0.4, -0.2) is 51.1 Å². The molecule has 2 rings (SSSR count). The molecular formula is C12H19N3O3S. The molecule has 19 heavy (non-hydrogen) atoms. The van der Waals surface area contributed by atoms with Crippen molar-refractivity contribution in [1.82, 2.24) is 9.29 Å². The lowest BCUT2D eigenvalue weighted by molar-refractivity contribution is 0.120. The third-order valence-electron chi connectivity index (χ3n) is 3.05. The molecule has 1 aromatic heterocycles. The van der Waals surface area contributed by atoms with Crippen LogP contribution in [0.25, 0.3) is 0 Å². The van der Waals surface area contributed by atoms with Crippen LogP contribution in [0.2, 0.25) is 0 Å². The minimum atomic E-state index is -3.41. The van der Waals surface area contributed by atoms with Crippen LogP contribution >= 0.6 is 0 Å². The number of ether oxygens (including phenoxy) is 1. The highest BCUT2D eigenvalue weighted by molar-refractivity contribution is 7.89. The van der Waals surface area contributed by atoms with Crippen LogP contribution in [0.3, 0.4) is 0 Å². The van der Waals surface area contributed by atoms with Crippen molar-refractivity contribution in [2.75, 3.05) is 32.6 Å². The van der Waals surface area contributed by atoms with Crippen molar-refractivity contribution in [3.05, 3.63) is 18.3 Å². The maximum Gasteiger partial charge on any atom is 0.244 e. The summed E-state index contributed by atoms with van der Waals surface area (Å²) >= 11 is 0. The van der Waals surface area contributed by atoms with E-state index < -0.39 is 10.0 Å². The largest absolute Gasteiger partial charge is 0.376 e. The maximum atomic E-state index is 11.9. The normalized spacial score (nSPS) is 19.8. The molecule has 1 aliphatic heterocycles. The lowest BCUT2D eigenvalue weighted by Gasteiger charge is -2.13. The lowest BCUT2D eigenvalue weighted by atomic mass is 10.2. The van der Waals surface area contributed by atoms with E-state index in [-0.39, 0.29) is 11.0 Å². The SMILES string of the molecule is CN(C)S(=O)(=O)c1ccc(NCC2CCCO2)nc1. The van der Waals surface area contributed by atoms with Gasteiger partial charge in [-0.25, -0.2) is 17.7 Å². The molecular weight excluding hydrogens is 266 g/mol. The summed E-state index contributed by atoms with van der Waals surface area (Å²) in [6.45, 7) is 1.52. The maximum absolute atomic E-state index is 11.9. The second-order valence-corrected chi connectivity index (χ2v) is 6.83. The van der Waals surface area contributed by atoms with Crippen LogP contribution in [-0.2, 0) is 14.8 Å². The number of hydrogen-bond donors (Lipinski definition) is 1. The fraction of sp³-hybridized carbons (Fsp3) is 0.583. The molecule has 0 saturated carbocycles. The van der Waals surface area contributed by atoms with Gasteiger partial charge < -0.3 is 10.1 Å². The molecule has 1 saturated heterocycles. The summed E-state index contributed by atoms with van der Waals surface area (Å²) in [4.78, 5) is 4.31. The zero-order valence-corrected chi connectivity index (χ0v) is 12.0. The Morgan fingerprint density at radius 3 is 2.79 bits per heavy atom. The van der Waals surface area contributed by atoms with E-state index in [0.29, 0.717) is 12.4 Å². The first-order chi connectivity index (χ1) is 9.00. The first kappa shape index (κ1) is 14.2. The predicted octanol–water partition coefficient (Wildman–Crippen LogP) is 0.923. The molecule has 7 heteroatoms. The molecule has 0 aromatic carbocycles. The first-order valence-corrected chi connectivity index (χ1v) is 7.68. The highest BCUT2D eigenvalue weighted by atomic mass is 32.2. The Balaban J connectivity index is 1.98. The number of nitrogens with one attached hydrogen (secondary N) is 1. The molecule has 1 aliphatic rings. The van der Waals surface area contributed by atoms with Gasteiger partial charge in [-0.3, -0.25) is 0 Å². The number of nitrogens with zero attached hydrogens (tertiary/aromatic N) is 2. The zero-order chi connectivity index (χ0) is 13.9. The summed E-state index contributed by atoms with van der Waals surface area (Å²) in [5, 5.41) is 3.15. The molecule has 0 bridgehead atoms. The molecule has 0 radical (unpaired) electrons. The van der Waals surface area contributed by atoms with Crippen LogP contribution in [0.1, 0.15) is 12.8 Å². The third kappa shape index (κ3) is 3.43. The van der Waals surface area contributed by atoms with E-state index in [2.05, 4.69) is 10.3 Å². The number of aromatic nitrogens is 1. The quantitative estimate of drug-likeness (QED) is 0.871. The van der Waals surface area contributed by atoms with Gasteiger partial charge in [-0.05, 0) is 25.0 Å². The molecule has 1 fully saturated rings. The molecule has 0 aliphatic carbocycles. The topological polar surface area (TPSA) is 71.5 Å². The van der Waals surface area contributed by atoms with E-state index in [1.165, 1.54) is 24.6 Å². The number of sulfonamides is 1. The van der Waals surface area contributed by atoms with Crippen molar-refractivity contribution in [2.45, 2.75) is 23.8 Å². The molecule has 1 atom stereocenters. The van der Waals surface area contributed by atoms with E-state index in [1.54, 1.807) is 12.1 Å². The van der Waals surface area contributed by atoms with Gasteiger partial charge in [0, 0.05) is 33.4 Å². The van der Waals surface area contributed by atoms with Crippen molar-refractivity contribution in [3.63, 3.8) is 0 Å². The van der Waals surface area contributed by atoms with Gasteiger partial charge in [-0.1, -0.05) is 0 Å². The second kappa shape index (κ2) is 5.85. The van der Waals surface area contributed by atoms with Gasteiger partial charge in [-0.15, -0.1) is 0 Å². The van der Waals surface area contributed by atoms with Gasteiger partial charge in [0.25, 0.3) is 0 Å². The van der Waals surface area contributed by atoms with Crippen LogP contribution in [0.15, 0.2) is 23.2 Å².